The molecule has 0 radical (unpaired) electrons. The quantitative estimate of drug-likeness (QED) is 0.227. The van der Waals surface area contributed by atoms with Gasteiger partial charge >= 0.3 is 5.04 Å². The van der Waals surface area contributed by atoms with Crippen molar-refractivity contribution in [2.45, 2.75) is 36.9 Å². The first kappa shape index (κ1) is 12.7. The summed E-state index contributed by atoms with van der Waals surface area (Å²) in [6, 6.07) is 0. The highest BCUT2D eigenvalue weighted by molar-refractivity contribution is 7.98. The van der Waals surface area contributed by atoms with Crippen LogP contribution in [0.25, 0.3) is 5.53 Å². The molecule has 0 aromatic rings. The van der Waals surface area contributed by atoms with E-state index in [1.165, 1.54) is 0 Å². The van der Waals surface area contributed by atoms with Gasteiger partial charge in [0, 0.05) is 0 Å². The van der Waals surface area contributed by atoms with Crippen molar-refractivity contribution in [2.75, 3.05) is 0 Å². The fourth-order valence-corrected chi connectivity index (χ4v) is 3.64. The first-order valence-corrected chi connectivity index (χ1v) is 6.61. The molecule has 1 fully saturated rings. The Morgan fingerprint density at radius 3 is 2.07 bits per heavy atom. The summed E-state index contributed by atoms with van der Waals surface area (Å²) in [7, 11) is 0. The molecule has 1 rings (SSSR count). The lowest BCUT2D eigenvalue weighted by atomic mass is 9.89. The van der Waals surface area contributed by atoms with Crippen LogP contribution in [0.3, 0.4) is 0 Å². The van der Waals surface area contributed by atoms with Crippen LogP contribution in [0.5, 0.6) is 0 Å². The lowest BCUT2D eigenvalue weighted by Crippen LogP contribution is -2.47. The molecule has 1 aliphatic rings. The van der Waals surface area contributed by atoms with Crippen LogP contribution in [0, 0.1) is 0 Å². The molecule has 1 aliphatic carbocycles. The summed E-state index contributed by atoms with van der Waals surface area (Å²) < 4.78 is 42.3. The Morgan fingerprint density at radius 1 is 1.20 bits per heavy atom. The van der Waals surface area contributed by atoms with Crippen LogP contribution < -0.4 is 0 Å². The summed E-state index contributed by atoms with van der Waals surface area (Å²) in [5.41, 5.74) is 8.58. The van der Waals surface area contributed by atoms with Gasteiger partial charge in [0.1, 0.15) is 4.75 Å². The molecular formula is C7H10N2O4S2-2. The second kappa shape index (κ2) is 5.09. The van der Waals surface area contributed by atoms with E-state index in [0.717, 1.165) is 6.42 Å². The highest BCUT2D eigenvalue weighted by atomic mass is 32.2. The zero-order chi connectivity index (χ0) is 11.5. The average molecular weight is 250 g/mol. The summed E-state index contributed by atoms with van der Waals surface area (Å²) in [5, 5.41) is -0.671. The van der Waals surface area contributed by atoms with Gasteiger partial charge in [-0.3, -0.25) is 8.42 Å². The maximum absolute atomic E-state index is 11.1. The average Bonchev–Trinajstić information content (AvgIpc) is 2.19. The Balaban J connectivity index is 3.15. The van der Waals surface area contributed by atoms with Crippen molar-refractivity contribution in [1.82, 2.24) is 0 Å². The monoisotopic (exact) mass is 250 g/mol. The molecule has 86 valence electrons. The normalized spacial score (nSPS) is 23.9. The molecule has 0 amide bonds. The van der Waals surface area contributed by atoms with Crippen molar-refractivity contribution in [2.24, 2.45) is 0 Å². The molecule has 0 spiro atoms. The van der Waals surface area contributed by atoms with Gasteiger partial charge in [-0.25, -0.2) is 0 Å². The van der Waals surface area contributed by atoms with Crippen molar-refractivity contribution in [1.29, 1.82) is 0 Å². The standard InChI is InChI=1S/C7H12N2O4S2/c8-9-6(14(10)11)7(15(12)13)4-2-1-3-5-7/h1-5H2,(H,10,11)(H,12,13)/p-2. The van der Waals surface area contributed by atoms with Crippen LogP contribution in [0.1, 0.15) is 32.1 Å². The van der Waals surface area contributed by atoms with E-state index in [2.05, 4.69) is 4.79 Å². The van der Waals surface area contributed by atoms with Gasteiger partial charge in [-0.1, -0.05) is 19.3 Å². The van der Waals surface area contributed by atoms with Gasteiger partial charge in [-0.05, 0) is 23.9 Å². The molecule has 0 saturated heterocycles. The lowest BCUT2D eigenvalue weighted by molar-refractivity contribution is -0.00776. The second-order valence-corrected chi connectivity index (χ2v) is 5.54. The Hall–Kier alpha value is -0.400. The Bertz CT molecular complexity index is 345. The first-order chi connectivity index (χ1) is 7.04. The lowest BCUT2D eigenvalue weighted by Gasteiger charge is -2.35. The smallest absolute Gasteiger partial charge is 0.359 e. The van der Waals surface area contributed by atoms with E-state index >= 15 is 0 Å². The van der Waals surface area contributed by atoms with E-state index in [1.807, 2.05) is 0 Å². The summed E-state index contributed by atoms with van der Waals surface area (Å²) in [4.78, 5) is 2.62. The number of rotatable bonds is 2. The van der Waals surface area contributed by atoms with Gasteiger partial charge in [0.15, 0.2) is 0 Å². The van der Waals surface area contributed by atoms with Crippen molar-refractivity contribution in [3.05, 3.63) is 5.53 Å². The van der Waals surface area contributed by atoms with Crippen LogP contribution in [-0.2, 0) is 22.2 Å². The molecule has 0 aromatic carbocycles. The minimum atomic E-state index is -2.80. The van der Waals surface area contributed by atoms with E-state index in [4.69, 9.17) is 5.53 Å². The van der Waals surface area contributed by atoms with Gasteiger partial charge in [-0.2, -0.15) is 4.79 Å². The zero-order valence-electron chi connectivity index (χ0n) is 7.88. The van der Waals surface area contributed by atoms with Gasteiger partial charge in [0.2, 0.25) is 0 Å². The van der Waals surface area contributed by atoms with Crippen molar-refractivity contribution >= 4 is 27.2 Å². The van der Waals surface area contributed by atoms with E-state index in [-0.39, 0.29) is 12.8 Å². The molecule has 6 nitrogen and oxygen atoms in total. The van der Waals surface area contributed by atoms with E-state index in [1.54, 1.807) is 0 Å². The van der Waals surface area contributed by atoms with Gasteiger partial charge in [-0.15, -0.1) is 0 Å². The fraction of sp³-hybridized carbons (Fsp3) is 0.857. The molecule has 0 N–H and O–H groups in total. The van der Waals surface area contributed by atoms with Crippen molar-refractivity contribution in [3.8, 4) is 0 Å². The summed E-state index contributed by atoms with van der Waals surface area (Å²) in [6.07, 6.45) is 2.48. The molecule has 8 heteroatoms. The summed E-state index contributed by atoms with van der Waals surface area (Å²) in [6.45, 7) is 0. The predicted octanol–water partition coefficient (Wildman–Crippen LogP) is 0.0758. The highest BCUT2D eigenvalue weighted by Crippen LogP contribution is 2.34. The van der Waals surface area contributed by atoms with E-state index in [9.17, 15) is 17.5 Å². The van der Waals surface area contributed by atoms with Gasteiger partial charge in [0.25, 0.3) is 0 Å². The molecule has 2 unspecified atom stereocenters. The highest BCUT2D eigenvalue weighted by Gasteiger charge is 2.45. The largest absolute Gasteiger partial charge is 0.771 e. The Labute approximate surface area is 92.3 Å². The maximum atomic E-state index is 11.1. The second-order valence-electron chi connectivity index (χ2n) is 3.43. The van der Waals surface area contributed by atoms with Gasteiger partial charge < -0.3 is 14.6 Å². The van der Waals surface area contributed by atoms with Crippen molar-refractivity contribution < 1.29 is 22.3 Å². The topological polar surface area (TPSA) is 117 Å². The molecule has 0 heterocycles. The third-order valence-corrected chi connectivity index (χ3v) is 4.78. The molecule has 15 heavy (non-hydrogen) atoms. The molecule has 0 bridgehead atoms. The maximum Gasteiger partial charge on any atom is 0.359 e. The van der Waals surface area contributed by atoms with Crippen LogP contribution in [0.15, 0.2) is 0 Å². The molecule has 0 aliphatic heterocycles. The molecular weight excluding hydrogens is 240 g/mol. The van der Waals surface area contributed by atoms with Crippen LogP contribution in [-0.4, -0.2) is 32.1 Å². The first-order valence-electron chi connectivity index (χ1n) is 4.46. The number of nitrogens with zero attached hydrogens (tertiary/aromatic N) is 2. The Morgan fingerprint density at radius 2 is 1.73 bits per heavy atom. The third-order valence-electron chi connectivity index (χ3n) is 2.62. The van der Waals surface area contributed by atoms with Crippen LogP contribution >= 0.6 is 0 Å². The molecule has 1 saturated carbocycles. The SMILES string of the molecule is [N-]=[N+]=C(S(=O)[O-])C1(S(=O)[O-])CCCCC1. The fourth-order valence-electron chi connectivity index (χ4n) is 1.85. The van der Waals surface area contributed by atoms with E-state index < -0.39 is 32.0 Å². The number of hydrogen-bond acceptors (Lipinski definition) is 4. The minimum Gasteiger partial charge on any atom is -0.771 e. The van der Waals surface area contributed by atoms with E-state index in [0.29, 0.717) is 12.8 Å². The number of hydrogen-bond donors (Lipinski definition) is 0. The molecule has 0 aromatic heterocycles. The van der Waals surface area contributed by atoms with Gasteiger partial charge in [0.05, 0.1) is 11.1 Å². The van der Waals surface area contributed by atoms with Crippen molar-refractivity contribution in [3.63, 3.8) is 0 Å². The molecule has 2 atom stereocenters. The van der Waals surface area contributed by atoms with Crippen LogP contribution in [0.2, 0.25) is 0 Å². The third kappa shape index (κ3) is 2.40. The van der Waals surface area contributed by atoms with Crippen LogP contribution in [0.4, 0.5) is 0 Å². The summed E-state index contributed by atoms with van der Waals surface area (Å²) >= 11 is -5.40. The Kier molecular flexibility index (Phi) is 4.30. The summed E-state index contributed by atoms with van der Waals surface area (Å²) in [5.74, 6) is 0. The zero-order valence-corrected chi connectivity index (χ0v) is 9.51. The predicted molar refractivity (Wildman–Crippen MR) is 52.3 cm³/mol. The minimum absolute atomic E-state index is 0.191.